The van der Waals surface area contributed by atoms with E-state index in [0.717, 1.165) is 0 Å². The molecule has 0 aromatic heterocycles. The van der Waals surface area contributed by atoms with Crippen molar-refractivity contribution in [1.82, 2.24) is 0 Å². The van der Waals surface area contributed by atoms with Gasteiger partial charge in [0.05, 0.1) is 6.61 Å². The summed E-state index contributed by atoms with van der Waals surface area (Å²) in [5.41, 5.74) is 0. The second-order valence-electron chi connectivity index (χ2n) is 5.80. The van der Waals surface area contributed by atoms with Gasteiger partial charge in [-0.2, -0.15) is 0 Å². The number of benzene rings is 1. The summed E-state index contributed by atoms with van der Waals surface area (Å²) in [6.45, 7) is 3.09. The monoisotopic (exact) mass is 346 g/mol. The molecular weight excluding hydrogens is 327 g/mol. The van der Waals surface area contributed by atoms with Crippen LogP contribution >= 0.6 is 7.82 Å². The van der Waals surface area contributed by atoms with Crippen LogP contribution in [0.2, 0.25) is 0 Å². The van der Waals surface area contributed by atoms with Gasteiger partial charge in [-0.15, -0.1) is 0 Å². The zero-order valence-electron chi connectivity index (χ0n) is 12.7. The Balaban J connectivity index is 1.54. The van der Waals surface area contributed by atoms with Crippen molar-refractivity contribution >= 4 is 7.82 Å². The van der Waals surface area contributed by atoms with Crippen molar-refractivity contribution in [2.24, 2.45) is 0 Å². The molecule has 2 fully saturated rings. The molecular formula is C14H19O8P. The third kappa shape index (κ3) is 3.92. The fourth-order valence-corrected chi connectivity index (χ4v) is 3.28. The quantitative estimate of drug-likeness (QED) is 0.772. The molecule has 2 saturated heterocycles. The van der Waals surface area contributed by atoms with Gasteiger partial charge in [0.15, 0.2) is 12.1 Å². The smallest absolute Gasteiger partial charge is 0.404 e. The van der Waals surface area contributed by atoms with Crippen LogP contribution in [0.25, 0.3) is 0 Å². The van der Waals surface area contributed by atoms with Crippen molar-refractivity contribution < 1.29 is 37.8 Å². The van der Waals surface area contributed by atoms with Gasteiger partial charge in [0.2, 0.25) is 0 Å². The van der Waals surface area contributed by atoms with E-state index in [1.807, 2.05) is 0 Å². The molecule has 0 bridgehead atoms. The molecule has 1 unspecified atom stereocenters. The zero-order valence-corrected chi connectivity index (χ0v) is 13.6. The van der Waals surface area contributed by atoms with E-state index >= 15 is 0 Å². The molecule has 9 heteroatoms. The average Bonchev–Trinajstić information content (AvgIpc) is 2.91. The summed E-state index contributed by atoms with van der Waals surface area (Å²) in [6, 6.07) is 8.13. The Bertz CT molecular complexity index is 592. The first-order valence-electron chi connectivity index (χ1n) is 7.17. The van der Waals surface area contributed by atoms with Crippen molar-refractivity contribution in [1.29, 1.82) is 0 Å². The highest BCUT2D eigenvalue weighted by Gasteiger charge is 2.54. The molecule has 0 radical (unpaired) electrons. The van der Waals surface area contributed by atoms with E-state index in [2.05, 4.69) is 0 Å². The van der Waals surface area contributed by atoms with Crippen LogP contribution in [0.5, 0.6) is 5.75 Å². The third-order valence-electron chi connectivity index (χ3n) is 3.48. The van der Waals surface area contributed by atoms with Crippen LogP contribution in [-0.2, 0) is 23.3 Å². The van der Waals surface area contributed by atoms with Gasteiger partial charge in [-0.3, -0.25) is 9.42 Å². The van der Waals surface area contributed by atoms with E-state index in [1.165, 1.54) is 12.1 Å². The fourth-order valence-electron chi connectivity index (χ4n) is 2.50. The molecule has 5 atom stereocenters. The van der Waals surface area contributed by atoms with Gasteiger partial charge in [-0.05, 0) is 26.0 Å². The Labute approximate surface area is 133 Å². The SMILES string of the molecule is CC1(C)O[C@H]2O[C@H](COP(=O)(O)Oc3ccccc3)[C@H](O)[C@H]2O1. The maximum atomic E-state index is 11.9. The fraction of sp³-hybridized carbons (Fsp3) is 0.571. The molecule has 2 N–H and O–H groups in total. The standard InChI is InChI=1S/C14H19O8P/c1-14(2)20-12-11(15)10(19-13(12)21-14)8-18-23(16,17)22-9-6-4-3-5-7-9/h3-7,10-13,15H,8H2,1-2H3,(H,16,17)/t10-,11+,12-,13-/m1/s1. The molecule has 1 aromatic rings. The molecule has 1 aromatic carbocycles. The van der Waals surface area contributed by atoms with Crippen molar-refractivity contribution in [3.05, 3.63) is 30.3 Å². The zero-order chi connectivity index (χ0) is 16.7. The second kappa shape index (κ2) is 6.14. The van der Waals surface area contributed by atoms with Gasteiger partial charge >= 0.3 is 7.82 Å². The maximum absolute atomic E-state index is 11.9. The summed E-state index contributed by atoms with van der Waals surface area (Å²) < 4.78 is 38.2. The topological polar surface area (TPSA) is 104 Å². The van der Waals surface area contributed by atoms with E-state index in [1.54, 1.807) is 32.0 Å². The van der Waals surface area contributed by atoms with Crippen LogP contribution < -0.4 is 4.52 Å². The van der Waals surface area contributed by atoms with Crippen LogP contribution in [0.15, 0.2) is 30.3 Å². The number of para-hydroxylation sites is 1. The number of ether oxygens (including phenoxy) is 3. The van der Waals surface area contributed by atoms with Crippen LogP contribution in [0.3, 0.4) is 0 Å². The lowest BCUT2D eigenvalue weighted by atomic mass is 10.1. The van der Waals surface area contributed by atoms with E-state index in [0.29, 0.717) is 0 Å². The van der Waals surface area contributed by atoms with Gasteiger partial charge in [0.25, 0.3) is 0 Å². The highest BCUT2D eigenvalue weighted by Crippen LogP contribution is 2.45. The van der Waals surface area contributed by atoms with Crippen LogP contribution in [0.4, 0.5) is 0 Å². The number of aliphatic hydroxyl groups is 1. The van der Waals surface area contributed by atoms with Crippen molar-refractivity contribution in [3.8, 4) is 5.75 Å². The summed E-state index contributed by atoms with van der Waals surface area (Å²) in [6.07, 6.45) is -3.27. The molecule has 0 aliphatic carbocycles. The largest absolute Gasteiger partial charge is 0.527 e. The van der Waals surface area contributed by atoms with E-state index in [-0.39, 0.29) is 12.4 Å². The molecule has 0 amide bonds. The number of hydrogen-bond acceptors (Lipinski definition) is 7. The number of phosphoric ester groups is 1. The number of aliphatic hydroxyl groups excluding tert-OH is 1. The first kappa shape index (κ1) is 16.9. The molecule has 0 spiro atoms. The molecule has 2 heterocycles. The Morgan fingerprint density at radius 1 is 1.26 bits per heavy atom. The normalized spacial score (nSPS) is 34.8. The van der Waals surface area contributed by atoms with Crippen LogP contribution in [0.1, 0.15) is 13.8 Å². The number of phosphoric acid groups is 1. The lowest BCUT2D eigenvalue weighted by Gasteiger charge is -2.23. The molecule has 8 nitrogen and oxygen atoms in total. The minimum Gasteiger partial charge on any atom is -0.404 e. The van der Waals surface area contributed by atoms with Gasteiger partial charge in [-0.25, -0.2) is 4.57 Å². The van der Waals surface area contributed by atoms with Crippen molar-refractivity contribution in [2.45, 2.75) is 44.2 Å². The second-order valence-corrected chi connectivity index (χ2v) is 7.18. The Kier molecular flexibility index (Phi) is 4.50. The number of hydrogen-bond donors (Lipinski definition) is 2. The highest BCUT2D eigenvalue weighted by atomic mass is 31.2. The van der Waals surface area contributed by atoms with Crippen molar-refractivity contribution in [3.63, 3.8) is 0 Å². The number of fused-ring (bicyclic) bond motifs is 1. The lowest BCUT2D eigenvalue weighted by molar-refractivity contribution is -0.217. The third-order valence-corrected chi connectivity index (χ3v) is 4.40. The molecule has 3 rings (SSSR count). The maximum Gasteiger partial charge on any atom is 0.527 e. The molecule has 23 heavy (non-hydrogen) atoms. The molecule has 2 aliphatic heterocycles. The Morgan fingerprint density at radius 3 is 2.61 bits per heavy atom. The Hall–Kier alpha value is -0.990. The van der Waals surface area contributed by atoms with E-state index in [4.69, 9.17) is 23.3 Å². The van der Waals surface area contributed by atoms with Crippen LogP contribution in [-0.4, -0.2) is 47.0 Å². The molecule has 128 valence electrons. The molecule has 2 aliphatic rings. The highest BCUT2D eigenvalue weighted by molar-refractivity contribution is 7.47. The predicted octanol–water partition coefficient (Wildman–Crippen LogP) is 1.42. The van der Waals surface area contributed by atoms with Crippen molar-refractivity contribution in [2.75, 3.05) is 6.61 Å². The first-order valence-corrected chi connectivity index (χ1v) is 8.66. The average molecular weight is 346 g/mol. The summed E-state index contributed by atoms with van der Waals surface area (Å²) in [5.74, 6) is -0.637. The summed E-state index contributed by atoms with van der Waals surface area (Å²) in [7, 11) is -4.32. The number of rotatable bonds is 5. The summed E-state index contributed by atoms with van der Waals surface area (Å²) in [4.78, 5) is 9.71. The van der Waals surface area contributed by atoms with Gasteiger partial charge < -0.3 is 23.8 Å². The van der Waals surface area contributed by atoms with Gasteiger partial charge in [-0.1, -0.05) is 18.2 Å². The van der Waals surface area contributed by atoms with Crippen LogP contribution in [0, 0.1) is 0 Å². The van der Waals surface area contributed by atoms with Gasteiger partial charge in [0.1, 0.15) is 24.1 Å². The lowest BCUT2D eigenvalue weighted by Crippen LogP contribution is -2.36. The minimum atomic E-state index is -4.32. The van der Waals surface area contributed by atoms with Gasteiger partial charge in [0, 0.05) is 0 Å². The van der Waals surface area contributed by atoms with E-state index < -0.39 is 38.2 Å². The predicted molar refractivity (Wildman–Crippen MR) is 77.6 cm³/mol. The Morgan fingerprint density at radius 2 is 1.96 bits per heavy atom. The molecule has 0 saturated carbocycles. The first-order chi connectivity index (χ1) is 10.8. The summed E-state index contributed by atoms with van der Waals surface area (Å²) >= 11 is 0. The minimum absolute atomic E-state index is 0.205. The van der Waals surface area contributed by atoms with E-state index in [9.17, 15) is 14.6 Å². The summed E-state index contributed by atoms with van der Waals surface area (Å²) in [5, 5.41) is 10.2.